The molecule has 2 aromatic rings. The van der Waals surface area contributed by atoms with E-state index in [9.17, 15) is 0 Å². The maximum Gasteiger partial charge on any atom is 0.126 e. The van der Waals surface area contributed by atoms with Gasteiger partial charge in [-0.15, -0.1) is 11.6 Å². The maximum atomic E-state index is 6.54. The fourth-order valence-corrected chi connectivity index (χ4v) is 2.31. The summed E-state index contributed by atoms with van der Waals surface area (Å²) in [4.78, 5) is 0. The van der Waals surface area contributed by atoms with Crippen LogP contribution in [0.4, 0.5) is 0 Å². The van der Waals surface area contributed by atoms with Gasteiger partial charge in [-0.25, -0.2) is 0 Å². The van der Waals surface area contributed by atoms with Gasteiger partial charge in [0, 0.05) is 12.0 Å². The minimum atomic E-state index is -0.318. The lowest BCUT2D eigenvalue weighted by Gasteiger charge is -2.14. The van der Waals surface area contributed by atoms with Crippen LogP contribution in [0, 0.1) is 6.92 Å². The normalized spacial score (nSPS) is 12.4. The first-order valence-electron chi connectivity index (χ1n) is 6.61. The van der Waals surface area contributed by atoms with E-state index in [1.54, 1.807) is 0 Å². The largest absolute Gasteiger partial charge is 0.494 e. The van der Waals surface area contributed by atoms with Crippen molar-refractivity contribution in [1.29, 1.82) is 0 Å². The molecule has 0 saturated heterocycles. The monoisotopic (exact) mass is 278 g/mol. The van der Waals surface area contributed by atoms with E-state index < -0.39 is 0 Å². The highest BCUT2D eigenvalue weighted by Gasteiger charge is 2.19. The fraction of sp³-hybridized carbons (Fsp3) is 0.375. The highest BCUT2D eigenvalue weighted by Crippen LogP contribution is 2.36. The van der Waals surface area contributed by atoms with E-state index in [1.807, 2.05) is 38.1 Å². The van der Waals surface area contributed by atoms with Crippen LogP contribution in [0.5, 0.6) is 5.75 Å². The molecule has 0 amide bonds. The third-order valence-electron chi connectivity index (χ3n) is 3.02. The SMILES string of the molecule is CCOc1ccc(C)cc1C(Cl)c1ccc(CC)o1. The summed E-state index contributed by atoms with van der Waals surface area (Å²) < 4.78 is 11.4. The number of hydrogen-bond donors (Lipinski definition) is 0. The van der Waals surface area contributed by atoms with Gasteiger partial charge in [-0.2, -0.15) is 0 Å². The second-order valence-electron chi connectivity index (χ2n) is 4.49. The first-order valence-corrected chi connectivity index (χ1v) is 7.05. The van der Waals surface area contributed by atoms with Crippen molar-refractivity contribution < 1.29 is 9.15 Å². The Balaban J connectivity index is 2.36. The Morgan fingerprint density at radius 2 is 2.00 bits per heavy atom. The molecule has 0 bridgehead atoms. The molecule has 0 radical (unpaired) electrons. The van der Waals surface area contributed by atoms with Gasteiger partial charge in [0.05, 0.1) is 6.61 Å². The first kappa shape index (κ1) is 14.0. The summed E-state index contributed by atoms with van der Waals surface area (Å²) in [7, 11) is 0. The Hall–Kier alpha value is -1.41. The van der Waals surface area contributed by atoms with Crippen molar-refractivity contribution >= 4 is 11.6 Å². The molecule has 3 heteroatoms. The lowest BCUT2D eigenvalue weighted by Crippen LogP contribution is -2.00. The molecule has 102 valence electrons. The molecule has 1 heterocycles. The van der Waals surface area contributed by atoms with Crippen molar-refractivity contribution in [2.24, 2.45) is 0 Å². The van der Waals surface area contributed by atoms with E-state index >= 15 is 0 Å². The smallest absolute Gasteiger partial charge is 0.126 e. The van der Waals surface area contributed by atoms with Gasteiger partial charge in [0.15, 0.2) is 0 Å². The number of hydrogen-bond acceptors (Lipinski definition) is 2. The van der Waals surface area contributed by atoms with Crippen LogP contribution in [0.25, 0.3) is 0 Å². The zero-order valence-corrected chi connectivity index (χ0v) is 12.3. The van der Waals surface area contributed by atoms with Crippen LogP contribution in [0.2, 0.25) is 0 Å². The summed E-state index contributed by atoms with van der Waals surface area (Å²) in [5, 5.41) is -0.318. The number of benzene rings is 1. The number of alkyl halides is 1. The van der Waals surface area contributed by atoms with E-state index in [2.05, 4.69) is 13.0 Å². The summed E-state index contributed by atoms with van der Waals surface area (Å²) in [6, 6.07) is 9.96. The molecule has 1 aromatic heterocycles. The van der Waals surface area contributed by atoms with Crippen LogP contribution in [0.15, 0.2) is 34.7 Å². The Bertz CT molecular complexity index is 545. The standard InChI is InChI=1S/C16H19ClO2/c1-4-12-7-9-15(19-12)16(17)13-10-11(3)6-8-14(13)18-5-2/h6-10,16H,4-5H2,1-3H3. The molecule has 0 N–H and O–H groups in total. The van der Waals surface area contributed by atoms with E-state index in [-0.39, 0.29) is 5.38 Å². The van der Waals surface area contributed by atoms with Crippen LogP contribution in [0.1, 0.15) is 41.9 Å². The van der Waals surface area contributed by atoms with Crippen molar-refractivity contribution in [3.8, 4) is 5.75 Å². The molecular weight excluding hydrogens is 260 g/mol. The maximum absolute atomic E-state index is 6.54. The van der Waals surface area contributed by atoms with Gasteiger partial charge in [0.2, 0.25) is 0 Å². The molecule has 0 fully saturated rings. The average molecular weight is 279 g/mol. The number of ether oxygens (including phenoxy) is 1. The van der Waals surface area contributed by atoms with Crippen molar-refractivity contribution in [3.63, 3.8) is 0 Å². The second kappa shape index (κ2) is 6.16. The minimum absolute atomic E-state index is 0.318. The third-order valence-corrected chi connectivity index (χ3v) is 3.47. The van der Waals surface area contributed by atoms with Crippen molar-refractivity contribution in [2.75, 3.05) is 6.61 Å². The highest BCUT2D eigenvalue weighted by molar-refractivity contribution is 6.22. The van der Waals surface area contributed by atoms with Crippen molar-refractivity contribution in [3.05, 3.63) is 53.0 Å². The first-order chi connectivity index (χ1) is 9.15. The number of halogens is 1. The third kappa shape index (κ3) is 3.13. The van der Waals surface area contributed by atoms with Crippen molar-refractivity contribution in [2.45, 2.75) is 32.6 Å². The van der Waals surface area contributed by atoms with Crippen LogP contribution < -0.4 is 4.74 Å². The van der Waals surface area contributed by atoms with Gasteiger partial charge in [0.25, 0.3) is 0 Å². The molecule has 0 spiro atoms. The predicted molar refractivity (Wildman–Crippen MR) is 78.1 cm³/mol. The van der Waals surface area contributed by atoms with E-state index in [1.165, 1.54) is 0 Å². The molecule has 0 aliphatic carbocycles. The van der Waals surface area contributed by atoms with Crippen LogP contribution >= 0.6 is 11.6 Å². The van der Waals surface area contributed by atoms with Gasteiger partial charge in [0.1, 0.15) is 22.6 Å². The van der Waals surface area contributed by atoms with E-state index in [0.717, 1.165) is 34.8 Å². The molecule has 2 nitrogen and oxygen atoms in total. The molecule has 1 aromatic carbocycles. The summed E-state index contributed by atoms with van der Waals surface area (Å²) in [6.45, 7) is 6.69. The van der Waals surface area contributed by atoms with Crippen LogP contribution in [-0.4, -0.2) is 6.61 Å². The van der Waals surface area contributed by atoms with Crippen molar-refractivity contribution in [1.82, 2.24) is 0 Å². The molecule has 1 unspecified atom stereocenters. The van der Waals surface area contributed by atoms with Gasteiger partial charge in [-0.05, 0) is 32.0 Å². The van der Waals surface area contributed by atoms with E-state index in [4.69, 9.17) is 20.8 Å². The molecule has 19 heavy (non-hydrogen) atoms. The fourth-order valence-electron chi connectivity index (χ4n) is 2.03. The number of furan rings is 1. The van der Waals surface area contributed by atoms with Gasteiger partial charge < -0.3 is 9.15 Å². The van der Waals surface area contributed by atoms with Gasteiger partial charge >= 0.3 is 0 Å². The second-order valence-corrected chi connectivity index (χ2v) is 4.93. The lowest BCUT2D eigenvalue weighted by molar-refractivity contribution is 0.335. The Kier molecular flexibility index (Phi) is 4.54. The molecule has 0 aliphatic rings. The van der Waals surface area contributed by atoms with Gasteiger partial charge in [-0.1, -0.05) is 24.6 Å². The zero-order chi connectivity index (χ0) is 13.8. The Morgan fingerprint density at radius 3 is 2.63 bits per heavy atom. The Labute approximate surface area is 119 Å². The summed E-state index contributed by atoms with van der Waals surface area (Å²) in [5.74, 6) is 2.54. The number of rotatable bonds is 5. The van der Waals surface area contributed by atoms with Crippen LogP contribution in [0.3, 0.4) is 0 Å². The summed E-state index contributed by atoms with van der Waals surface area (Å²) in [6.07, 6.45) is 0.871. The Morgan fingerprint density at radius 1 is 1.21 bits per heavy atom. The van der Waals surface area contributed by atoms with Crippen LogP contribution in [-0.2, 0) is 6.42 Å². The number of aryl methyl sites for hydroxylation is 2. The molecule has 0 aliphatic heterocycles. The molecule has 1 atom stereocenters. The molecular formula is C16H19ClO2. The lowest BCUT2D eigenvalue weighted by atomic mass is 10.1. The summed E-state index contributed by atoms with van der Waals surface area (Å²) >= 11 is 6.54. The van der Waals surface area contributed by atoms with Gasteiger partial charge in [-0.3, -0.25) is 0 Å². The molecule has 0 saturated carbocycles. The zero-order valence-electron chi connectivity index (χ0n) is 11.6. The highest BCUT2D eigenvalue weighted by atomic mass is 35.5. The topological polar surface area (TPSA) is 22.4 Å². The predicted octanol–water partition coefficient (Wildman–Crippen LogP) is 4.88. The summed E-state index contributed by atoms with van der Waals surface area (Å²) in [5.41, 5.74) is 2.12. The quantitative estimate of drug-likeness (QED) is 0.728. The minimum Gasteiger partial charge on any atom is -0.494 e. The molecule has 2 rings (SSSR count). The average Bonchev–Trinajstić information content (AvgIpc) is 2.89. The van der Waals surface area contributed by atoms with E-state index in [0.29, 0.717) is 6.61 Å².